The van der Waals surface area contributed by atoms with Gasteiger partial charge in [-0.15, -0.1) is 0 Å². The summed E-state index contributed by atoms with van der Waals surface area (Å²) in [5.74, 6) is -1.76. The van der Waals surface area contributed by atoms with Crippen molar-refractivity contribution >= 4 is 44.9 Å². The number of amides is 1. The minimum atomic E-state index is -3.51. The van der Waals surface area contributed by atoms with E-state index in [9.17, 15) is 23.1 Å². The van der Waals surface area contributed by atoms with E-state index in [1.807, 2.05) is 44.2 Å². The zero-order chi connectivity index (χ0) is 28.5. The Morgan fingerprint density at radius 3 is 2.23 bits per heavy atom. The predicted octanol–water partition coefficient (Wildman–Crippen LogP) is 6.91. The Morgan fingerprint density at radius 2 is 1.69 bits per heavy atom. The molecule has 4 unspecified atom stereocenters. The van der Waals surface area contributed by atoms with Crippen molar-refractivity contribution in [3.8, 4) is 0 Å². The van der Waals surface area contributed by atoms with Gasteiger partial charge in [0.1, 0.15) is 0 Å². The molecular formula is C30H37Cl2NO5S. The van der Waals surface area contributed by atoms with Gasteiger partial charge in [0.15, 0.2) is 9.84 Å². The van der Waals surface area contributed by atoms with Gasteiger partial charge in [0.25, 0.3) is 0 Å². The average Bonchev–Trinajstić information content (AvgIpc) is 3.70. The van der Waals surface area contributed by atoms with Crippen molar-refractivity contribution in [1.29, 1.82) is 0 Å². The monoisotopic (exact) mass is 593 g/mol. The molecule has 0 radical (unpaired) electrons. The molecule has 1 amide bonds. The Kier molecular flexibility index (Phi) is 9.04. The second kappa shape index (κ2) is 11.8. The lowest BCUT2D eigenvalue weighted by Crippen LogP contribution is -2.58. The number of piperidine rings is 1. The summed E-state index contributed by atoms with van der Waals surface area (Å²) >= 11 is 12.6. The third-order valence-electron chi connectivity index (χ3n) is 8.48. The third-order valence-corrected chi connectivity index (χ3v) is 11.5. The van der Waals surface area contributed by atoms with Crippen LogP contribution in [0.15, 0.2) is 48.5 Å². The van der Waals surface area contributed by atoms with Gasteiger partial charge in [-0.25, -0.2) is 8.42 Å². The highest BCUT2D eigenvalue weighted by atomic mass is 35.5. The van der Waals surface area contributed by atoms with E-state index in [1.165, 1.54) is 0 Å². The van der Waals surface area contributed by atoms with Crippen LogP contribution in [0.2, 0.25) is 10.0 Å². The molecule has 1 N–H and O–H groups in total. The van der Waals surface area contributed by atoms with Crippen molar-refractivity contribution in [3.05, 3.63) is 69.7 Å². The largest absolute Gasteiger partial charge is 0.481 e. The molecule has 9 heteroatoms. The zero-order valence-corrected chi connectivity index (χ0v) is 25.0. The Labute approximate surface area is 241 Å². The second-order valence-corrected chi connectivity index (χ2v) is 14.6. The molecule has 2 aromatic rings. The van der Waals surface area contributed by atoms with E-state index in [-0.39, 0.29) is 29.9 Å². The van der Waals surface area contributed by atoms with Crippen molar-refractivity contribution in [2.24, 2.45) is 11.3 Å². The first-order valence-corrected chi connectivity index (χ1v) is 16.1. The fourth-order valence-corrected chi connectivity index (χ4v) is 8.86. The lowest BCUT2D eigenvalue weighted by Gasteiger charge is -2.52. The minimum absolute atomic E-state index is 0.0417. The van der Waals surface area contributed by atoms with Gasteiger partial charge in [-0.3, -0.25) is 9.59 Å². The smallest absolute Gasteiger partial charge is 0.304 e. The molecule has 1 saturated carbocycles. The quantitative estimate of drug-likeness (QED) is 0.305. The Bertz CT molecular complexity index is 1310. The van der Waals surface area contributed by atoms with Crippen LogP contribution in [0.25, 0.3) is 0 Å². The van der Waals surface area contributed by atoms with Gasteiger partial charge in [0, 0.05) is 22.0 Å². The van der Waals surface area contributed by atoms with E-state index >= 15 is 0 Å². The van der Waals surface area contributed by atoms with Crippen LogP contribution >= 0.6 is 23.2 Å². The fourth-order valence-electron chi connectivity index (χ4n) is 6.34. The van der Waals surface area contributed by atoms with Crippen LogP contribution in [0.4, 0.5) is 0 Å². The molecule has 1 aliphatic carbocycles. The van der Waals surface area contributed by atoms with Crippen LogP contribution in [-0.4, -0.2) is 47.3 Å². The molecule has 0 aromatic heterocycles. The minimum Gasteiger partial charge on any atom is -0.481 e. The first-order chi connectivity index (χ1) is 18.4. The molecule has 1 heterocycles. The topological polar surface area (TPSA) is 91.8 Å². The Balaban J connectivity index is 1.92. The number of aliphatic carboxylic acids is 1. The summed E-state index contributed by atoms with van der Waals surface area (Å²) in [6.07, 6.45) is 2.62. The first kappa shape index (κ1) is 29.9. The van der Waals surface area contributed by atoms with Crippen LogP contribution in [-0.2, 0) is 19.4 Å². The zero-order valence-electron chi connectivity index (χ0n) is 22.6. The van der Waals surface area contributed by atoms with Gasteiger partial charge in [-0.05, 0) is 73.4 Å². The maximum atomic E-state index is 14.5. The van der Waals surface area contributed by atoms with Gasteiger partial charge in [-0.2, -0.15) is 0 Å². The molecule has 212 valence electrons. The van der Waals surface area contributed by atoms with Crippen LogP contribution in [0.5, 0.6) is 0 Å². The number of likely N-dealkylation sites (tertiary alicyclic amines) is 1. The Hall–Kier alpha value is -2.09. The van der Waals surface area contributed by atoms with Gasteiger partial charge in [0.2, 0.25) is 5.91 Å². The van der Waals surface area contributed by atoms with Crippen LogP contribution < -0.4 is 0 Å². The molecule has 4 rings (SSSR count). The van der Waals surface area contributed by atoms with E-state index in [1.54, 1.807) is 30.0 Å². The third kappa shape index (κ3) is 6.47. The number of carboxylic acid groups (broad SMARTS) is 1. The van der Waals surface area contributed by atoms with E-state index in [0.717, 1.165) is 24.0 Å². The standard InChI is InChI=1S/C30H37Cl2NO5S/c1-4-24(5-2)39(37,38)18-26(19-9-10-19)33-28(20-11-13-22(31)14-12-20)25(21-7-6-8-23(32)15-21)16-30(3,29(33)36)17-27(34)35/h6-8,11-15,19,24-26,28H,4-5,9-10,16-18H2,1-3H3,(H,34,35). The normalized spacial score (nSPS) is 24.7. The summed E-state index contributed by atoms with van der Waals surface area (Å²) in [6, 6.07) is 13.7. The van der Waals surface area contributed by atoms with E-state index < -0.39 is 38.6 Å². The van der Waals surface area contributed by atoms with Crippen molar-refractivity contribution in [3.63, 3.8) is 0 Å². The van der Waals surface area contributed by atoms with Crippen LogP contribution in [0, 0.1) is 11.3 Å². The number of rotatable bonds is 11. The molecule has 39 heavy (non-hydrogen) atoms. The van der Waals surface area contributed by atoms with Crippen LogP contribution in [0.3, 0.4) is 0 Å². The molecule has 0 spiro atoms. The summed E-state index contributed by atoms with van der Waals surface area (Å²) in [7, 11) is -3.51. The van der Waals surface area contributed by atoms with Gasteiger partial charge in [-0.1, -0.05) is 68.2 Å². The van der Waals surface area contributed by atoms with Crippen molar-refractivity contribution in [1.82, 2.24) is 4.90 Å². The van der Waals surface area contributed by atoms with Crippen molar-refractivity contribution in [2.75, 3.05) is 5.75 Å². The number of hydrogen-bond acceptors (Lipinski definition) is 4. The number of nitrogens with zero attached hydrogens (tertiary/aromatic N) is 1. The van der Waals surface area contributed by atoms with Gasteiger partial charge >= 0.3 is 5.97 Å². The van der Waals surface area contributed by atoms with E-state index in [2.05, 4.69) is 0 Å². The fraction of sp³-hybridized carbons (Fsp3) is 0.533. The molecule has 6 nitrogen and oxygen atoms in total. The number of carbonyl (C=O) groups is 2. The number of carbonyl (C=O) groups excluding carboxylic acids is 1. The summed E-state index contributed by atoms with van der Waals surface area (Å²) in [4.78, 5) is 28.2. The molecule has 4 atom stereocenters. The highest BCUT2D eigenvalue weighted by Gasteiger charge is 2.55. The SMILES string of the molecule is CCC(CC)S(=O)(=O)CC(C1CC1)N1C(=O)C(C)(CC(=O)O)CC(c2cccc(Cl)c2)C1c1ccc(Cl)cc1. The number of hydrogen-bond donors (Lipinski definition) is 1. The van der Waals surface area contributed by atoms with Crippen molar-refractivity contribution in [2.45, 2.75) is 82.5 Å². The van der Waals surface area contributed by atoms with Gasteiger partial charge in [0.05, 0.1) is 28.9 Å². The Morgan fingerprint density at radius 1 is 1.05 bits per heavy atom. The summed E-state index contributed by atoms with van der Waals surface area (Å²) in [5.41, 5.74) is 0.503. The number of benzene rings is 2. The second-order valence-electron chi connectivity index (χ2n) is 11.4. The highest BCUT2D eigenvalue weighted by molar-refractivity contribution is 7.92. The maximum Gasteiger partial charge on any atom is 0.304 e. The van der Waals surface area contributed by atoms with E-state index in [0.29, 0.717) is 29.3 Å². The average molecular weight is 595 g/mol. The molecule has 2 aromatic carbocycles. The summed E-state index contributed by atoms with van der Waals surface area (Å²) in [5, 5.41) is 10.4. The molecule has 1 saturated heterocycles. The lowest BCUT2D eigenvalue weighted by atomic mass is 9.67. The molecule has 2 fully saturated rings. The summed E-state index contributed by atoms with van der Waals surface area (Å²) < 4.78 is 27.3. The molecule has 2 aliphatic rings. The maximum absolute atomic E-state index is 14.5. The number of carboxylic acids is 1. The van der Waals surface area contributed by atoms with Crippen molar-refractivity contribution < 1.29 is 23.1 Å². The van der Waals surface area contributed by atoms with Crippen LogP contribution in [0.1, 0.15) is 82.4 Å². The molecular weight excluding hydrogens is 557 g/mol. The lowest BCUT2D eigenvalue weighted by molar-refractivity contribution is -0.160. The highest BCUT2D eigenvalue weighted by Crippen LogP contribution is 2.54. The number of sulfone groups is 1. The van der Waals surface area contributed by atoms with Gasteiger partial charge < -0.3 is 10.0 Å². The predicted molar refractivity (Wildman–Crippen MR) is 155 cm³/mol. The summed E-state index contributed by atoms with van der Waals surface area (Å²) in [6.45, 7) is 5.45. The number of halogens is 2. The van der Waals surface area contributed by atoms with E-state index in [4.69, 9.17) is 23.2 Å². The molecule has 1 aliphatic heterocycles. The molecule has 0 bridgehead atoms. The first-order valence-electron chi connectivity index (χ1n) is 13.7.